The van der Waals surface area contributed by atoms with Crippen molar-refractivity contribution in [3.63, 3.8) is 0 Å². The molecule has 220 valence electrons. The standard InChI is InChI=1S/C23H30BN7O8S2/c1-11-26-15(28-41-11)14(27-39-22(5,6)18(34)37-21(2,3)4)13(32)9-12-16(33)29-10-23(19(35)38-24,40-17(12)29)30-7-8-31(25)20(30)36/h12,17H,7-10,25H2,1-6H3/b27-14+/t12?,17-,23-/m1/s1. The number of fused-ring (bicyclic) bond motifs is 1. The van der Waals surface area contributed by atoms with Crippen LogP contribution in [-0.4, -0.2) is 109 Å². The van der Waals surface area contributed by atoms with Crippen molar-refractivity contribution in [1.82, 2.24) is 24.2 Å². The Bertz CT molecular complexity index is 1310. The minimum atomic E-state index is -1.62. The largest absolute Gasteiger partial charge is 0.541 e. The highest BCUT2D eigenvalue weighted by Gasteiger charge is 2.66. The van der Waals surface area contributed by atoms with E-state index in [0.29, 0.717) is 5.01 Å². The van der Waals surface area contributed by atoms with Crippen molar-refractivity contribution in [1.29, 1.82) is 0 Å². The molecule has 0 aromatic carbocycles. The lowest BCUT2D eigenvalue weighted by molar-refractivity contribution is -0.179. The number of β-lactam (4-membered cyclic amide) rings is 1. The van der Waals surface area contributed by atoms with Crippen LogP contribution >= 0.6 is 23.3 Å². The Balaban J connectivity index is 1.55. The summed E-state index contributed by atoms with van der Waals surface area (Å²) in [5, 5.41) is 4.82. The molecular formula is C23H30BN7O8S2. The number of hydrogen-bond acceptors (Lipinski definition) is 14. The van der Waals surface area contributed by atoms with Gasteiger partial charge < -0.3 is 19.1 Å². The second-order valence-corrected chi connectivity index (χ2v) is 13.6. The van der Waals surface area contributed by atoms with Gasteiger partial charge in [0, 0.05) is 13.0 Å². The molecule has 15 nitrogen and oxygen atoms in total. The van der Waals surface area contributed by atoms with Crippen LogP contribution < -0.4 is 5.84 Å². The van der Waals surface area contributed by atoms with Crippen LogP contribution in [0.1, 0.15) is 51.9 Å². The van der Waals surface area contributed by atoms with Gasteiger partial charge in [-0.15, -0.1) is 0 Å². The number of aryl methyl sites for hydroxylation is 1. The zero-order valence-corrected chi connectivity index (χ0v) is 25.0. The summed E-state index contributed by atoms with van der Waals surface area (Å²) in [6.07, 6.45) is -0.328. The molecule has 41 heavy (non-hydrogen) atoms. The van der Waals surface area contributed by atoms with E-state index < -0.39 is 57.0 Å². The fraction of sp³-hybridized carbons (Fsp3) is 0.652. The number of oxime groups is 1. The summed E-state index contributed by atoms with van der Waals surface area (Å²) in [7, 11) is 5.20. The summed E-state index contributed by atoms with van der Waals surface area (Å²) in [6, 6.07) is -0.616. The third kappa shape index (κ3) is 5.77. The SMILES string of the molecule is [B]OC(=O)[C@@]1(N2CCN(N)C2=O)CN2C(=O)C(CC(=O)/C(=N\OC(C)(C)C(=O)OC(C)(C)C)c3nsc(C)n3)[C@H]2S1. The molecule has 3 aliphatic rings. The Morgan fingerprint density at radius 2 is 1.88 bits per heavy atom. The maximum atomic E-state index is 13.5. The zero-order chi connectivity index (χ0) is 30.5. The molecule has 2 radical (unpaired) electrons. The van der Waals surface area contributed by atoms with Crippen molar-refractivity contribution in [2.75, 3.05) is 19.6 Å². The monoisotopic (exact) mass is 607 g/mol. The van der Waals surface area contributed by atoms with Crippen molar-refractivity contribution in [3.8, 4) is 0 Å². The summed E-state index contributed by atoms with van der Waals surface area (Å²) < 4.78 is 14.0. The second-order valence-electron chi connectivity index (χ2n) is 11.2. The summed E-state index contributed by atoms with van der Waals surface area (Å²) >= 11 is 2.03. The molecular weight excluding hydrogens is 577 g/mol. The Morgan fingerprint density at radius 3 is 2.41 bits per heavy atom. The fourth-order valence-corrected chi connectivity index (χ4v) is 6.63. The number of aromatic nitrogens is 2. The predicted octanol–water partition coefficient (Wildman–Crippen LogP) is 0.112. The van der Waals surface area contributed by atoms with Gasteiger partial charge in [0.25, 0.3) is 0 Å². The summed E-state index contributed by atoms with van der Waals surface area (Å²) in [4.78, 5) is 75.4. The first kappa shape index (κ1) is 30.7. The predicted molar refractivity (Wildman–Crippen MR) is 146 cm³/mol. The number of Topliss-reactive ketones (excluding diaryl/α,β-unsaturated/α-hetero) is 1. The Kier molecular flexibility index (Phi) is 8.14. The Morgan fingerprint density at radius 1 is 1.20 bits per heavy atom. The van der Waals surface area contributed by atoms with Gasteiger partial charge in [0.2, 0.25) is 16.4 Å². The molecule has 3 atom stereocenters. The molecule has 4 heterocycles. The average Bonchev–Trinajstić information content (AvgIpc) is 3.57. The lowest BCUT2D eigenvalue weighted by Gasteiger charge is -2.40. The molecule has 0 spiro atoms. The van der Waals surface area contributed by atoms with Crippen molar-refractivity contribution in [3.05, 3.63) is 10.8 Å². The number of esters is 1. The van der Waals surface area contributed by atoms with Crippen LogP contribution in [0.4, 0.5) is 4.79 Å². The van der Waals surface area contributed by atoms with E-state index in [1.807, 2.05) is 0 Å². The van der Waals surface area contributed by atoms with Gasteiger partial charge in [-0.2, -0.15) is 4.37 Å². The molecule has 0 bridgehead atoms. The number of carbonyl (C=O) groups is 5. The van der Waals surface area contributed by atoms with E-state index in [9.17, 15) is 24.0 Å². The maximum absolute atomic E-state index is 13.5. The van der Waals surface area contributed by atoms with Gasteiger partial charge in [0.15, 0.2) is 17.3 Å². The van der Waals surface area contributed by atoms with Gasteiger partial charge in [-0.3, -0.25) is 24.3 Å². The Labute approximate surface area is 245 Å². The van der Waals surface area contributed by atoms with E-state index in [1.54, 1.807) is 27.7 Å². The quantitative estimate of drug-likeness (QED) is 0.0761. The molecule has 1 unspecified atom stereocenters. The number of rotatable bonds is 9. The number of ether oxygens (including phenoxy) is 1. The van der Waals surface area contributed by atoms with Crippen molar-refractivity contribution >= 4 is 66.7 Å². The molecule has 3 fully saturated rings. The van der Waals surface area contributed by atoms with Crippen LogP contribution in [0.25, 0.3) is 0 Å². The van der Waals surface area contributed by atoms with Crippen LogP contribution in [0.2, 0.25) is 0 Å². The van der Waals surface area contributed by atoms with Crippen molar-refractivity contribution < 1.29 is 38.2 Å². The lowest BCUT2D eigenvalue weighted by atomic mass is 9.90. The molecule has 3 amide bonds. The highest BCUT2D eigenvalue weighted by Crippen LogP contribution is 2.53. The van der Waals surface area contributed by atoms with Gasteiger partial charge in [-0.1, -0.05) is 16.9 Å². The molecule has 18 heteroatoms. The number of urea groups is 1. The zero-order valence-electron chi connectivity index (χ0n) is 23.4. The lowest BCUT2D eigenvalue weighted by Crippen LogP contribution is -2.60. The van der Waals surface area contributed by atoms with E-state index in [0.717, 1.165) is 28.3 Å². The van der Waals surface area contributed by atoms with Crippen LogP contribution in [0.3, 0.4) is 0 Å². The summed E-state index contributed by atoms with van der Waals surface area (Å²) in [6.45, 7) is 9.78. The molecule has 2 N–H and O–H groups in total. The van der Waals surface area contributed by atoms with Crippen LogP contribution in [0.15, 0.2) is 5.16 Å². The normalized spacial score (nSPS) is 24.8. The second kappa shape index (κ2) is 10.9. The Hall–Kier alpha value is -3.25. The molecule has 1 aromatic heterocycles. The number of nitrogens with two attached hydrogens (primary N) is 1. The van der Waals surface area contributed by atoms with Crippen molar-refractivity contribution in [2.24, 2.45) is 16.9 Å². The highest BCUT2D eigenvalue weighted by molar-refractivity contribution is 8.02. The smallest absolute Gasteiger partial charge is 0.378 e. The molecule has 0 saturated carbocycles. The van der Waals surface area contributed by atoms with Crippen molar-refractivity contribution in [2.45, 2.75) is 69.4 Å². The molecule has 1 aromatic rings. The van der Waals surface area contributed by atoms with Gasteiger partial charge in [-0.25, -0.2) is 20.4 Å². The van der Waals surface area contributed by atoms with Crippen LogP contribution in [0.5, 0.6) is 0 Å². The van der Waals surface area contributed by atoms with Crippen LogP contribution in [-0.2, 0) is 33.4 Å². The number of carbonyl (C=O) groups excluding carboxylic acids is 5. The third-order valence-electron chi connectivity index (χ3n) is 6.52. The molecule has 3 aliphatic heterocycles. The van der Waals surface area contributed by atoms with E-state index >= 15 is 0 Å². The van der Waals surface area contributed by atoms with E-state index in [1.165, 1.54) is 23.6 Å². The summed E-state index contributed by atoms with van der Waals surface area (Å²) in [5.74, 6) is 2.17. The summed E-state index contributed by atoms with van der Waals surface area (Å²) in [5.41, 5.74) is -2.62. The van der Waals surface area contributed by atoms with E-state index in [2.05, 4.69) is 19.2 Å². The highest BCUT2D eigenvalue weighted by atomic mass is 32.2. The number of hydrogen-bond donors (Lipinski definition) is 1. The molecule has 0 aliphatic carbocycles. The molecule has 3 saturated heterocycles. The van der Waals surface area contributed by atoms with Gasteiger partial charge in [0.05, 0.1) is 24.4 Å². The third-order valence-corrected chi connectivity index (χ3v) is 8.87. The number of thioether (sulfide) groups is 1. The topological polar surface area (TPSA) is 187 Å². The number of nitrogens with zero attached hydrogens (tertiary/aromatic N) is 6. The first-order chi connectivity index (χ1) is 19.0. The van der Waals surface area contributed by atoms with Crippen LogP contribution in [0, 0.1) is 12.8 Å². The van der Waals surface area contributed by atoms with Gasteiger partial charge in [0.1, 0.15) is 10.6 Å². The minimum Gasteiger partial charge on any atom is -0.541 e. The minimum absolute atomic E-state index is 0.0213. The number of ketones is 1. The number of amides is 3. The van der Waals surface area contributed by atoms with Gasteiger partial charge in [-0.05, 0) is 53.1 Å². The number of hydrazine groups is 1. The first-order valence-electron chi connectivity index (χ1n) is 12.6. The first-order valence-corrected chi connectivity index (χ1v) is 14.2. The van der Waals surface area contributed by atoms with E-state index in [-0.39, 0.29) is 37.6 Å². The van der Waals surface area contributed by atoms with E-state index in [4.69, 9.17) is 23.5 Å². The van der Waals surface area contributed by atoms with Gasteiger partial charge >= 0.3 is 26.0 Å². The fourth-order valence-electron chi connectivity index (χ4n) is 4.42. The molecule has 4 rings (SSSR count). The average molecular weight is 607 g/mol. The maximum Gasteiger partial charge on any atom is 0.378 e.